The van der Waals surface area contributed by atoms with E-state index >= 15 is 0 Å². The molecule has 1 aromatic carbocycles. The van der Waals surface area contributed by atoms with Crippen LogP contribution in [0.15, 0.2) is 12.1 Å². The van der Waals surface area contributed by atoms with Crippen LogP contribution in [0.4, 0.5) is 4.39 Å². The van der Waals surface area contributed by atoms with Crippen LogP contribution in [0.1, 0.15) is 18.0 Å². The number of rotatable bonds is 3. The maximum absolute atomic E-state index is 14.1. The first kappa shape index (κ1) is 13.6. The van der Waals surface area contributed by atoms with Crippen LogP contribution >= 0.6 is 11.6 Å². The van der Waals surface area contributed by atoms with Crippen molar-refractivity contribution in [2.24, 2.45) is 11.7 Å². The third-order valence-electron chi connectivity index (χ3n) is 3.59. The molecule has 1 aliphatic rings. The summed E-state index contributed by atoms with van der Waals surface area (Å²) >= 11 is 5.90. The van der Waals surface area contributed by atoms with Crippen molar-refractivity contribution in [3.05, 3.63) is 28.5 Å². The van der Waals surface area contributed by atoms with Gasteiger partial charge >= 0.3 is 0 Å². The van der Waals surface area contributed by atoms with Crippen LogP contribution in [0.25, 0.3) is 0 Å². The van der Waals surface area contributed by atoms with Gasteiger partial charge < -0.3 is 10.5 Å². The largest absolute Gasteiger partial charge is 0.497 e. The Morgan fingerprint density at radius 2 is 2.28 bits per heavy atom. The van der Waals surface area contributed by atoms with Gasteiger partial charge in [-0.15, -0.1) is 0 Å². The molecule has 18 heavy (non-hydrogen) atoms. The number of nitrogens with zero attached hydrogens (tertiary/aromatic N) is 1. The van der Waals surface area contributed by atoms with Gasteiger partial charge in [0.2, 0.25) is 0 Å². The number of halogens is 2. The van der Waals surface area contributed by atoms with Crippen molar-refractivity contribution < 1.29 is 9.13 Å². The Morgan fingerprint density at radius 3 is 2.83 bits per heavy atom. The highest BCUT2D eigenvalue weighted by molar-refractivity contribution is 6.31. The molecule has 3 nitrogen and oxygen atoms in total. The zero-order valence-electron chi connectivity index (χ0n) is 10.6. The predicted molar refractivity (Wildman–Crippen MR) is 70.5 cm³/mol. The maximum atomic E-state index is 14.1. The van der Waals surface area contributed by atoms with E-state index in [1.807, 2.05) is 7.05 Å². The average Bonchev–Trinajstić information content (AvgIpc) is 2.74. The van der Waals surface area contributed by atoms with E-state index in [0.717, 1.165) is 13.0 Å². The minimum atomic E-state index is -0.355. The van der Waals surface area contributed by atoms with Gasteiger partial charge in [-0.3, -0.25) is 4.90 Å². The van der Waals surface area contributed by atoms with Crippen molar-refractivity contribution in [3.8, 4) is 5.75 Å². The lowest BCUT2D eigenvalue weighted by molar-refractivity contribution is 0.305. The monoisotopic (exact) mass is 272 g/mol. The van der Waals surface area contributed by atoms with E-state index in [9.17, 15) is 4.39 Å². The molecule has 5 heteroatoms. The van der Waals surface area contributed by atoms with Gasteiger partial charge in [-0.2, -0.15) is 0 Å². The minimum absolute atomic E-state index is 0.0196. The van der Waals surface area contributed by atoms with Gasteiger partial charge in [-0.25, -0.2) is 4.39 Å². The Morgan fingerprint density at radius 1 is 1.56 bits per heavy atom. The summed E-state index contributed by atoms with van der Waals surface area (Å²) in [6, 6.07) is 3.24. The van der Waals surface area contributed by atoms with Crippen LogP contribution in [-0.4, -0.2) is 32.1 Å². The topological polar surface area (TPSA) is 38.5 Å². The third kappa shape index (κ3) is 2.46. The van der Waals surface area contributed by atoms with Crippen LogP contribution < -0.4 is 10.5 Å². The second kappa shape index (κ2) is 5.43. The van der Waals surface area contributed by atoms with Gasteiger partial charge in [-0.1, -0.05) is 11.6 Å². The fraction of sp³-hybridized carbons (Fsp3) is 0.538. The highest BCUT2D eigenvalue weighted by Gasteiger charge is 2.32. The Bertz CT molecular complexity index is 441. The number of nitrogens with two attached hydrogens (primary N) is 1. The van der Waals surface area contributed by atoms with E-state index in [1.54, 1.807) is 13.2 Å². The zero-order valence-corrected chi connectivity index (χ0v) is 11.4. The number of hydrogen-bond acceptors (Lipinski definition) is 3. The third-order valence-corrected chi connectivity index (χ3v) is 3.87. The summed E-state index contributed by atoms with van der Waals surface area (Å²) in [5.74, 6) is 0.636. The lowest BCUT2D eigenvalue weighted by atomic mass is 9.99. The molecule has 2 unspecified atom stereocenters. The molecule has 2 rings (SSSR count). The smallest absolute Gasteiger partial charge is 0.146 e. The highest BCUT2D eigenvalue weighted by atomic mass is 35.5. The van der Waals surface area contributed by atoms with Gasteiger partial charge in [0.25, 0.3) is 0 Å². The number of methoxy groups -OCH3 is 1. The van der Waals surface area contributed by atoms with Crippen LogP contribution in [0, 0.1) is 11.7 Å². The second-order valence-corrected chi connectivity index (χ2v) is 5.21. The molecule has 0 amide bonds. The van der Waals surface area contributed by atoms with Crippen molar-refractivity contribution in [2.45, 2.75) is 12.5 Å². The van der Waals surface area contributed by atoms with E-state index < -0.39 is 0 Å². The molecule has 0 saturated carbocycles. The van der Waals surface area contributed by atoms with Gasteiger partial charge in [-0.05, 0) is 32.0 Å². The van der Waals surface area contributed by atoms with Crippen molar-refractivity contribution >= 4 is 11.6 Å². The molecule has 2 N–H and O–H groups in total. The molecule has 1 aliphatic heterocycles. The Hall–Kier alpha value is -0.840. The molecular formula is C13H18ClFN2O. The van der Waals surface area contributed by atoms with Crippen LogP contribution in [0.5, 0.6) is 5.75 Å². The molecule has 0 aliphatic carbocycles. The molecular weight excluding hydrogens is 255 g/mol. The van der Waals surface area contributed by atoms with Crippen LogP contribution in [0.3, 0.4) is 0 Å². The van der Waals surface area contributed by atoms with E-state index in [-0.39, 0.29) is 16.9 Å². The van der Waals surface area contributed by atoms with E-state index in [4.69, 9.17) is 22.1 Å². The molecule has 0 aromatic heterocycles. The first-order valence-electron chi connectivity index (χ1n) is 6.00. The predicted octanol–water partition coefficient (Wildman–Crippen LogP) is 2.44. The Labute approximate surface area is 112 Å². The quantitative estimate of drug-likeness (QED) is 0.919. The lowest BCUT2D eigenvalue weighted by Gasteiger charge is -2.21. The normalized spacial score (nSPS) is 24.5. The van der Waals surface area contributed by atoms with E-state index in [1.165, 1.54) is 6.07 Å². The zero-order chi connectivity index (χ0) is 13.3. The van der Waals surface area contributed by atoms with Crippen molar-refractivity contribution in [3.63, 3.8) is 0 Å². The van der Waals surface area contributed by atoms with Crippen molar-refractivity contribution in [2.75, 3.05) is 27.2 Å². The average molecular weight is 273 g/mol. The van der Waals surface area contributed by atoms with E-state index in [2.05, 4.69) is 4.90 Å². The van der Waals surface area contributed by atoms with E-state index in [0.29, 0.717) is 23.8 Å². The molecule has 0 spiro atoms. The summed E-state index contributed by atoms with van der Waals surface area (Å²) in [6.07, 6.45) is 0.855. The fourth-order valence-electron chi connectivity index (χ4n) is 2.58. The molecule has 1 saturated heterocycles. The van der Waals surface area contributed by atoms with Crippen LogP contribution in [-0.2, 0) is 0 Å². The summed E-state index contributed by atoms with van der Waals surface area (Å²) in [7, 11) is 3.53. The van der Waals surface area contributed by atoms with Crippen molar-refractivity contribution in [1.29, 1.82) is 0 Å². The Kier molecular flexibility index (Phi) is 4.10. The highest BCUT2D eigenvalue weighted by Crippen LogP contribution is 2.38. The minimum Gasteiger partial charge on any atom is -0.497 e. The van der Waals surface area contributed by atoms with Gasteiger partial charge in [0, 0.05) is 24.2 Å². The van der Waals surface area contributed by atoms with Gasteiger partial charge in [0.15, 0.2) is 0 Å². The SMILES string of the molecule is COc1cc(Cl)c(F)c(C2CC(CN)CN2C)c1. The fourth-order valence-corrected chi connectivity index (χ4v) is 2.80. The maximum Gasteiger partial charge on any atom is 0.146 e. The summed E-state index contributed by atoms with van der Waals surface area (Å²) in [5.41, 5.74) is 6.28. The number of ether oxygens (including phenoxy) is 1. The second-order valence-electron chi connectivity index (χ2n) is 4.81. The first-order valence-corrected chi connectivity index (χ1v) is 6.37. The molecule has 2 atom stereocenters. The van der Waals surface area contributed by atoms with Crippen LogP contribution in [0.2, 0.25) is 5.02 Å². The van der Waals surface area contributed by atoms with Gasteiger partial charge in [0.05, 0.1) is 12.1 Å². The lowest BCUT2D eigenvalue weighted by Crippen LogP contribution is -2.21. The number of benzene rings is 1. The molecule has 1 fully saturated rings. The standard InChI is InChI=1S/C13H18ClFN2O/c1-17-7-8(6-16)3-12(17)10-4-9(18-2)5-11(14)13(10)15/h4-5,8,12H,3,6-7,16H2,1-2H3. The molecule has 1 heterocycles. The summed E-state index contributed by atoms with van der Waals surface area (Å²) in [5, 5.41) is 0.106. The molecule has 100 valence electrons. The van der Waals surface area contributed by atoms with Gasteiger partial charge in [0.1, 0.15) is 11.6 Å². The summed E-state index contributed by atoms with van der Waals surface area (Å²) in [6.45, 7) is 1.51. The first-order chi connectivity index (χ1) is 8.56. The summed E-state index contributed by atoms with van der Waals surface area (Å²) < 4.78 is 19.3. The number of hydrogen-bond donors (Lipinski definition) is 1. The molecule has 1 aromatic rings. The Balaban J connectivity index is 2.35. The molecule has 0 bridgehead atoms. The number of likely N-dealkylation sites (tertiary alicyclic amines) is 1. The molecule has 0 radical (unpaired) electrons. The van der Waals surface area contributed by atoms with Crippen molar-refractivity contribution in [1.82, 2.24) is 4.90 Å². The summed E-state index contributed by atoms with van der Waals surface area (Å²) in [4.78, 5) is 2.12.